The van der Waals surface area contributed by atoms with E-state index in [1.54, 1.807) is 0 Å². The molecule has 0 aliphatic rings. The molecule has 0 heterocycles. The van der Waals surface area contributed by atoms with Gasteiger partial charge in [0.1, 0.15) is 25.4 Å². The normalized spacial score (nSPS) is 13.2. The molecule has 0 spiro atoms. The van der Waals surface area contributed by atoms with Gasteiger partial charge in [-0.2, -0.15) is 0 Å². The highest BCUT2D eigenvalue weighted by molar-refractivity contribution is 5.89. The number of aliphatic hydroxyl groups excluding tert-OH is 3. The van der Waals surface area contributed by atoms with E-state index in [0.717, 1.165) is 5.56 Å². The molecule has 0 saturated carbocycles. The molecule has 1 aromatic carbocycles. The quantitative estimate of drug-likeness (QED) is 0.190. The number of carboxylic acid groups (broad SMARTS) is 1. The van der Waals surface area contributed by atoms with E-state index in [1.807, 2.05) is 44.2 Å². The molecule has 11 nitrogen and oxygen atoms in total. The molecule has 0 aliphatic carbocycles. The van der Waals surface area contributed by atoms with E-state index in [0.29, 0.717) is 6.42 Å². The van der Waals surface area contributed by atoms with Crippen LogP contribution >= 0.6 is 0 Å². The average Bonchev–Trinajstić information content (AvgIpc) is 2.79. The van der Waals surface area contributed by atoms with Crippen molar-refractivity contribution in [3.63, 3.8) is 0 Å². The summed E-state index contributed by atoms with van der Waals surface area (Å²) < 4.78 is 10.2. The van der Waals surface area contributed by atoms with E-state index in [2.05, 4.69) is 5.73 Å². The number of carboxylic acids is 1. The van der Waals surface area contributed by atoms with Crippen LogP contribution in [0.25, 0.3) is 0 Å². The Morgan fingerprint density at radius 2 is 1.62 bits per heavy atom. The first-order valence-electron chi connectivity index (χ1n) is 9.91. The highest BCUT2D eigenvalue weighted by Gasteiger charge is 2.24. The number of carbonyl (C=O) groups excluding carboxylic acids is 4. The van der Waals surface area contributed by atoms with Gasteiger partial charge in [-0.3, -0.25) is 9.59 Å². The van der Waals surface area contributed by atoms with Crippen LogP contribution in [0, 0.1) is 5.92 Å². The predicted octanol–water partition coefficient (Wildman–Crippen LogP) is -2.66. The lowest BCUT2D eigenvalue weighted by Gasteiger charge is -2.15. The zero-order valence-electron chi connectivity index (χ0n) is 18.1. The van der Waals surface area contributed by atoms with Crippen molar-refractivity contribution in [1.82, 2.24) is 0 Å². The summed E-state index contributed by atoms with van der Waals surface area (Å²) in [5, 5.41) is 34.9. The Balaban J connectivity index is 0.000000739. The Morgan fingerprint density at radius 3 is 2.12 bits per heavy atom. The summed E-state index contributed by atoms with van der Waals surface area (Å²) >= 11 is 0. The van der Waals surface area contributed by atoms with E-state index in [-0.39, 0.29) is 43.5 Å². The summed E-state index contributed by atoms with van der Waals surface area (Å²) in [5.41, 5.74) is 4.70. The van der Waals surface area contributed by atoms with E-state index < -0.39 is 30.6 Å². The van der Waals surface area contributed by atoms with Gasteiger partial charge < -0.3 is 40.4 Å². The van der Waals surface area contributed by atoms with Gasteiger partial charge in [-0.1, -0.05) is 44.2 Å². The van der Waals surface area contributed by atoms with Crippen LogP contribution in [-0.2, 0) is 35.3 Å². The molecule has 0 unspecified atom stereocenters. The lowest BCUT2D eigenvalue weighted by atomic mass is 10.1. The van der Waals surface area contributed by atoms with Gasteiger partial charge >= 0.3 is 11.9 Å². The van der Waals surface area contributed by atoms with Crippen LogP contribution in [0.4, 0.5) is 0 Å². The van der Waals surface area contributed by atoms with Crippen LogP contribution < -0.4 is 10.8 Å². The Morgan fingerprint density at radius 1 is 1.03 bits per heavy atom. The third-order valence-electron chi connectivity index (χ3n) is 4.15. The summed E-state index contributed by atoms with van der Waals surface area (Å²) in [6, 6.07) is 9.13. The molecule has 0 fully saturated rings. The number of benzene rings is 1. The van der Waals surface area contributed by atoms with Gasteiger partial charge in [-0.25, -0.2) is 4.79 Å². The van der Waals surface area contributed by atoms with Crippen LogP contribution in [0.5, 0.6) is 0 Å². The van der Waals surface area contributed by atoms with Crippen LogP contribution in [0.15, 0.2) is 30.3 Å². The van der Waals surface area contributed by atoms with Crippen LogP contribution in [0.3, 0.4) is 0 Å². The van der Waals surface area contributed by atoms with Crippen molar-refractivity contribution in [2.75, 3.05) is 13.2 Å². The van der Waals surface area contributed by atoms with Crippen LogP contribution in [-0.4, -0.2) is 70.5 Å². The minimum absolute atomic E-state index is 0.147. The second kappa shape index (κ2) is 15.9. The first-order valence-corrected chi connectivity index (χ1v) is 9.91. The molecule has 180 valence electrons. The summed E-state index contributed by atoms with van der Waals surface area (Å²) in [6.45, 7) is 3.30. The number of aliphatic carboxylic acids is 1. The molecular weight excluding hydrogens is 426 g/mol. The maximum Gasteiger partial charge on any atom is 0.365 e. The van der Waals surface area contributed by atoms with Crippen molar-refractivity contribution in [3.8, 4) is 0 Å². The number of hydrogen-bond donors (Lipinski definition) is 4. The fourth-order valence-electron chi connectivity index (χ4n) is 1.98. The predicted molar refractivity (Wildman–Crippen MR) is 107 cm³/mol. The largest absolute Gasteiger partial charge is 0.547 e. The number of hydrogen-bond acceptors (Lipinski definition) is 10. The molecule has 11 heteroatoms. The number of esters is 2. The number of aliphatic hydroxyl groups is 3. The highest BCUT2D eigenvalue weighted by Crippen LogP contribution is 2.04. The summed E-state index contributed by atoms with van der Waals surface area (Å²) in [5.74, 6) is -3.58. The number of rotatable bonds is 12. The number of ketones is 1. The summed E-state index contributed by atoms with van der Waals surface area (Å²) in [7, 11) is 0. The van der Waals surface area contributed by atoms with Gasteiger partial charge in [-0.15, -0.1) is 0 Å². The fraction of sp³-hybridized carbons (Fsp3) is 0.524. The van der Waals surface area contributed by atoms with E-state index in [1.165, 1.54) is 0 Å². The number of Topliss-reactive ketones (excluding diaryl/α,β-unsaturated/α-hetero) is 1. The average molecular weight is 457 g/mol. The highest BCUT2D eigenvalue weighted by atomic mass is 16.5. The molecule has 32 heavy (non-hydrogen) atoms. The Labute approximate surface area is 185 Å². The molecular formula is C21H31NO10. The zero-order chi connectivity index (χ0) is 24.7. The van der Waals surface area contributed by atoms with Crippen molar-refractivity contribution in [3.05, 3.63) is 35.9 Å². The first kappa shape index (κ1) is 29.1. The standard InChI is InChI=1S/C16H23NO4.C5H8O6/c1-12(2)15(17)16(19)20-10-6-9-14(18)21-11-13-7-4-3-5-8-13;6-1-2(7)3(8)4(9)5(10)11/h3-5,7-8,12,15H,6,9-11,17H2,1-2H3;3-4,6,8-9H,1H2,(H,10,11)/t15-;3-,4+/m00/s1. The third-order valence-corrected chi connectivity index (χ3v) is 4.15. The van der Waals surface area contributed by atoms with Crippen molar-refractivity contribution in [1.29, 1.82) is 0 Å². The van der Waals surface area contributed by atoms with Crippen molar-refractivity contribution >= 4 is 23.7 Å². The van der Waals surface area contributed by atoms with Crippen molar-refractivity contribution in [2.45, 2.75) is 51.5 Å². The molecule has 0 radical (unpaired) electrons. The molecule has 0 aliphatic heterocycles. The van der Waals surface area contributed by atoms with Crippen molar-refractivity contribution in [2.24, 2.45) is 5.92 Å². The Kier molecular flexibility index (Phi) is 14.5. The maximum absolute atomic E-state index is 11.5. The van der Waals surface area contributed by atoms with E-state index >= 15 is 0 Å². The molecule has 3 atom stereocenters. The minimum atomic E-state index is -2.28. The van der Waals surface area contributed by atoms with Gasteiger partial charge in [0.05, 0.1) is 12.6 Å². The van der Waals surface area contributed by atoms with Gasteiger partial charge in [0.2, 0.25) is 0 Å². The third kappa shape index (κ3) is 12.1. The molecule has 0 amide bonds. The van der Waals surface area contributed by atoms with Gasteiger partial charge in [0.25, 0.3) is 0 Å². The van der Waals surface area contributed by atoms with E-state index in [9.17, 15) is 24.3 Å². The lowest BCUT2D eigenvalue weighted by Crippen LogP contribution is -2.67. The van der Waals surface area contributed by atoms with Crippen LogP contribution in [0.2, 0.25) is 0 Å². The fourth-order valence-corrected chi connectivity index (χ4v) is 1.98. The first-order chi connectivity index (χ1) is 15.0. The van der Waals surface area contributed by atoms with E-state index in [4.69, 9.17) is 24.8 Å². The maximum atomic E-state index is 11.5. The number of carbonyl (C=O) groups is 4. The SMILES string of the molecule is CC(C)[C@H]([NH3+])C(=O)OCCCC(=O)OCc1ccccc1.O=C([O-])[C@H](O)[C@@H](O)C(=O)CO. The smallest absolute Gasteiger partial charge is 0.365 e. The van der Waals surface area contributed by atoms with Crippen molar-refractivity contribution < 1.29 is 54.8 Å². The Hall–Kier alpha value is -2.86. The molecule has 1 rings (SSSR count). The van der Waals surface area contributed by atoms with Crippen LogP contribution in [0.1, 0.15) is 32.3 Å². The molecule has 1 aromatic rings. The zero-order valence-corrected chi connectivity index (χ0v) is 18.1. The monoisotopic (exact) mass is 457 g/mol. The molecule has 0 saturated heterocycles. The molecule has 6 N–H and O–H groups in total. The second-order valence-corrected chi connectivity index (χ2v) is 7.10. The van der Waals surface area contributed by atoms with Gasteiger partial charge in [0.15, 0.2) is 11.8 Å². The van der Waals surface area contributed by atoms with Gasteiger partial charge in [0, 0.05) is 12.3 Å². The molecule has 0 aromatic heterocycles. The summed E-state index contributed by atoms with van der Waals surface area (Å²) in [6.07, 6.45) is -3.70. The number of ether oxygens (including phenoxy) is 2. The minimum Gasteiger partial charge on any atom is -0.547 e. The van der Waals surface area contributed by atoms with Gasteiger partial charge in [-0.05, 0) is 12.0 Å². The summed E-state index contributed by atoms with van der Waals surface area (Å²) in [4.78, 5) is 43.2. The number of quaternary nitrogens is 1. The Bertz CT molecular complexity index is 723. The molecule has 0 bridgehead atoms. The lowest BCUT2D eigenvalue weighted by molar-refractivity contribution is -0.418. The second-order valence-electron chi connectivity index (χ2n) is 7.10. The topological polar surface area (TPSA) is 198 Å².